The first-order valence-corrected chi connectivity index (χ1v) is 8.49. The molecule has 0 radical (unpaired) electrons. The van der Waals surface area contributed by atoms with Gasteiger partial charge in [-0.25, -0.2) is 9.37 Å². The predicted molar refractivity (Wildman–Crippen MR) is 93.8 cm³/mol. The normalized spacial score (nSPS) is 14.4. The molecule has 25 heavy (non-hydrogen) atoms. The Morgan fingerprint density at radius 2 is 1.92 bits per heavy atom. The monoisotopic (exact) mass is 343 g/mol. The van der Waals surface area contributed by atoms with Gasteiger partial charge in [-0.05, 0) is 41.8 Å². The molecule has 0 bridgehead atoms. The van der Waals surface area contributed by atoms with E-state index >= 15 is 0 Å². The van der Waals surface area contributed by atoms with E-state index in [4.69, 9.17) is 4.74 Å². The quantitative estimate of drug-likeness (QED) is 0.874. The lowest BCUT2D eigenvalue weighted by Gasteiger charge is -2.28. The fourth-order valence-electron chi connectivity index (χ4n) is 2.73. The van der Waals surface area contributed by atoms with E-state index in [1.807, 2.05) is 12.1 Å². The lowest BCUT2D eigenvalue weighted by Crippen LogP contribution is -2.36. The van der Waals surface area contributed by atoms with Crippen molar-refractivity contribution in [2.24, 2.45) is 0 Å². The number of morpholine rings is 1. The van der Waals surface area contributed by atoms with Crippen LogP contribution < -0.4 is 10.2 Å². The van der Waals surface area contributed by atoms with Gasteiger partial charge < -0.3 is 15.0 Å². The molecular weight excluding hydrogens is 321 g/mol. The average Bonchev–Trinajstić information content (AvgIpc) is 2.67. The van der Waals surface area contributed by atoms with E-state index in [2.05, 4.69) is 15.2 Å². The minimum Gasteiger partial charge on any atom is -0.378 e. The Morgan fingerprint density at radius 1 is 1.16 bits per heavy atom. The molecule has 0 unspecified atom stereocenters. The summed E-state index contributed by atoms with van der Waals surface area (Å²) in [5.74, 6) is 0.644. The van der Waals surface area contributed by atoms with Gasteiger partial charge in [-0.1, -0.05) is 12.1 Å². The van der Waals surface area contributed by atoms with Crippen LogP contribution >= 0.6 is 0 Å². The largest absolute Gasteiger partial charge is 0.378 e. The number of carbonyl (C=O) groups is 1. The van der Waals surface area contributed by atoms with Gasteiger partial charge in [0.2, 0.25) is 5.91 Å². The lowest BCUT2D eigenvalue weighted by atomic mass is 10.1. The van der Waals surface area contributed by atoms with E-state index in [1.54, 1.807) is 18.3 Å². The van der Waals surface area contributed by atoms with Crippen LogP contribution in [-0.4, -0.2) is 37.2 Å². The van der Waals surface area contributed by atoms with Crippen molar-refractivity contribution in [3.8, 4) is 0 Å². The molecule has 2 heterocycles. The maximum absolute atomic E-state index is 12.9. The summed E-state index contributed by atoms with van der Waals surface area (Å²) in [4.78, 5) is 18.6. The molecule has 1 aromatic heterocycles. The second-order valence-corrected chi connectivity index (χ2v) is 6.02. The molecule has 1 aliphatic heterocycles. The predicted octanol–water partition coefficient (Wildman–Crippen LogP) is 2.31. The number of ether oxygens (including phenoxy) is 1. The van der Waals surface area contributed by atoms with Gasteiger partial charge in [-0.2, -0.15) is 0 Å². The number of rotatable bonds is 6. The standard InChI is InChI=1S/C19H22FN3O2/c20-17-4-1-16(2-5-17)14-22-19(24)6-3-15-7-8-21-18(13-15)23-9-11-25-12-10-23/h1-2,4-5,7-8,13H,3,6,9-12,14H2,(H,22,24). The van der Waals surface area contributed by atoms with E-state index in [9.17, 15) is 9.18 Å². The molecule has 0 spiro atoms. The number of nitrogens with zero attached hydrogens (tertiary/aromatic N) is 2. The molecule has 2 aromatic rings. The second kappa shape index (κ2) is 8.58. The highest BCUT2D eigenvalue weighted by atomic mass is 19.1. The summed E-state index contributed by atoms with van der Waals surface area (Å²) in [6.45, 7) is 3.53. The van der Waals surface area contributed by atoms with Crippen LogP contribution in [0.1, 0.15) is 17.5 Å². The maximum atomic E-state index is 12.9. The Hall–Kier alpha value is -2.47. The first-order chi connectivity index (χ1) is 12.2. The number of nitrogens with one attached hydrogen (secondary N) is 1. The van der Waals surface area contributed by atoms with Crippen molar-refractivity contribution in [1.29, 1.82) is 0 Å². The zero-order chi connectivity index (χ0) is 17.5. The molecule has 1 saturated heterocycles. The topological polar surface area (TPSA) is 54.5 Å². The summed E-state index contributed by atoms with van der Waals surface area (Å²) in [5.41, 5.74) is 1.97. The van der Waals surface area contributed by atoms with Crippen molar-refractivity contribution in [1.82, 2.24) is 10.3 Å². The summed E-state index contributed by atoms with van der Waals surface area (Å²) in [5, 5.41) is 2.86. The number of anilines is 1. The minimum absolute atomic E-state index is 0.0194. The van der Waals surface area contributed by atoms with Crippen LogP contribution in [0, 0.1) is 5.82 Å². The third-order valence-electron chi connectivity index (χ3n) is 4.19. The van der Waals surface area contributed by atoms with Gasteiger partial charge >= 0.3 is 0 Å². The molecule has 5 nitrogen and oxygen atoms in total. The number of benzene rings is 1. The first-order valence-electron chi connectivity index (χ1n) is 8.49. The number of halogens is 1. The van der Waals surface area contributed by atoms with E-state index in [-0.39, 0.29) is 11.7 Å². The van der Waals surface area contributed by atoms with Crippen molar-refractivity contribution in [2.45, 2.75) is 19.4 Å². The Bertz CT molecular complexity index is 700. The van der Waals surface area contributed by atoms with Crippen LogP contribution in [0.4, 0.5) is 10.2 Å². The fourth-order valence-corrected chi connectivity index (χ4v) is 2.73. The average molecular weight is 343 g/mol. The van der Waals surface area contributed by atoms with Crippen molar-refractivity contribution in [3.63, 3.8) is 0 Å². The highest BCUT2D eigenvalue weighted by Gasteiger charge is 2.12. The van der Waals surface area contributed by atoms with Gasteiger partial charge in [-0.15, -0.1) is 0 Å². The zero-order valence-electron chi connectivity index (χ0n) is 14.1. The van der Waals surface area contributed by atoms with Gasteiger partial charge in [-0.3, -0.25) is 4.79 Å². The van der Waals surface area contributed by atoms with Crippen LogP contribution in [0.2, 0.25) is 0 Å². The minimum atomic E-state index is -0.274. The van der Waals surface area contributed by atoms with Gasteiger partial charge in [0.1, 0.15) is 11.6 Å². The van der Waals surface area contributed by atoms with Crippen LogP contribution in [0.3, 0.4) is 0 Å². The SMILES string of the molecule is O=C(CCc1ccnc(N2CCOCC2)c1)NCc1ccc(F)cc1. The van der Waals surface area contributed by atoms with Gasteiger partial charge in [0.05, 0.1) is 13.2 Å². The summed E-state index contributed by atoms with van der Waals surface area (Å²) >= 11 is 0. The summed E-state index contributed by atoms with van der Waals surface area (Å²) in [6, 6.07) is 10.1. The zero-order valence-corrected chi connectivity index (χ0v) is 14.1. The van der Waals surface area contributed by atoms with E-state index in [0.717, 1.165) is 43.2 Å². The van der Waals surface area contributed by atoms with Crippen molar-refractivity contribution in [3.05, 3.63) is 59.5 Å². The molecule has 1 aliphatic rings. The Balaban J connectivity index is 1.47. The maximum Gasteiger partial charge on any atom is 0.220 e. The van der Waals surface area contributed by atoms with Crippen LogP contribution in [0.25, 0.3) is 0 Å². The van der Waals surface area contributed by atoms with E-state index < -0.39 is 0 Å². The van der Waals surface area contributed by atoms with Gasteiger partial charge in [0.15, 0.2) is 0 Å². The number of carbonyl (C=O) groups excluding carboxylic acids is 1. The van der Waals surface area contributed by atoms with Gasteiger partial charge in [0, 0.05) is 32.3 Å². The third-order valence-corrected chi connectivity index (χ3v) is 4.19. The summed E-state index contributed by atoms with van der Waals surface area (Å²) in [7, 11) is 0. The van der Waals surface area contributed by atoms with Crippen molar-refractivity contribution < 1.29 is 13.9 Å². The smallest absolute Gasteiger partial charge is 0.220 e. The first kappa shape index (κ1) is 17.4. The van der Waals surface area contributed by atoms with Gasteiger partial charge in [0.25, 0.3) is 0 Å². The highest BCUT2D eigenvalue weighted by molar-refractivity contribution is 5.76. The van der Waals surface area contributed by atoms with Crippen LogP contribution in [0.5, 0.6) is 0 Å². The molecule has 3 rings (SSSR count). The lowest BCUT2D eigenvalue weighted by molar-refractivity contribution is -0.121. The van der Waals surface area contributed by atoms with Crippen molar-refractivity contribution in [2.75, 3.05) is 31.2 Å². The highest BCUT2D eigenvalue weighted by Crippen LogP contribution is 2.15. The Morgan fingerprint density at radius 3 is 2.68 bits per heavy atom. The van der Waals surface area contributed by atoms with E-state index in [0.29, 0.717) is 19.4 Å². The molecule has 0 atom stereocenters. The summed E-state index contributed by atoms with van der Waals surface area (Å²) < 4.78 is 18.2. The molecule has 6 heteroatoms. The molecule has 0 aliphatic carbocycles. The number of aryl methyl sites for hydroxylation is 1. The molecule has 0 saturated carbocycles. The third kappa shape index (κ3) is 5.26. The van der Waals surface area contributed by atoms with Crippen LogP contribution in [-0.2, 0) is 22.5 Å². The Kier molecular flexibility index (Phi) is 5.95. The second-order valence-electron chi connectivity index (χ2n) is 6.02. The molecule has 132 valence electrons. The van der Waals surface area contributed by atoms with E-state index in [1.165, 1.54) is 12.1 Å². The molecule has 1 aromatic carbocycles. The number of hydrogen-bond donors (Lipinski definition) is 1. The summed E-state index contributed by atoms with van der Waals surface area (Å²) in [6.07, 6.45) is 2.86. The molecular formula is C19H22FN3O2. The molecule has 1 N–H and O–H groups in total. The van der Waals surface area contributed by atoms with Crippen molar-refractivity contribution >= 4 is 11.7 Å². The molecule has 1 amide bonds. The van der Waals surface area contributed by atoms with Crippen LogP contribution in [0.15, 0.2) is 42.6 Å². The Labute approximate surface area is 146 Å². The number of amides is 1. The molecule has 1 fully saturated rings. The number of hydrogen-bond acceptors (Lipinski definition) is 4. The number of pyridine rings is 1. The number of aromatic nitrogens is 1. The fraction of sp³-hybridized carbons (Fsp3) is 0.368.